The van der Waals surface area contributed by atoms with Gasteiger partial charge in [0.15, 0.2) is 0 Å². The van der Waals surface area contributed by atoms with Crippen LogP contribution in [0.5, 0.6) is 0 Å². The minimum Gasteiger partial charge on any atom is -0.479 e. The molecule has 1 saturated heterocycles. The van der Waals surface area contributed by atoms with Gasteiger partial charge < -0.3 is 24.8 Å². The minimum absolute atomic E-state index is 0.0333. The van der Waals surface area contributed by atoms with Crippen molar-refractivity contribution in [2.24, 2.45) is 11.8 Å². The van der Waals surface area contributed by atoms with E-state index in [0.717, 1.165) is 4.90 Å². The molecule has 13 nitrogen and oxygen atoms in total. The Kier molecular flexibility index (Phi) is 9.84. The van der Waals surface area contributed by atoms with E-state index in [1.54, 1.807) is 6.07 Å². The Bertz CT molecular complexity index is 1410. The normalized spacial score (nSPS) is 24.2. The van der Waals surface area contributed by atoms with Gasteiger partial charge >= 0.3 is 24.3 Å². The van der Waals surface area contributed by atoms with Crippen molar-refractivity contribution in [2.45, 2.75) is 76.1 Å². The summed E-state index contributed by atoms with van der Waals surface area (Å²) in [4.78, 5) is 66.9. The third-order valence-corrected chi connectivity index (χ3v) is 8.27. The lowest BCUT2D eigenvalue weighted by atomic mass is 10.0. The van der Waals surface area contributed by atoms with Crippen LogP contribution in [0.1, 0.15) is 44.2 Å². The van der Waals surface area contributed by atoms with E-state index >= 15 is 0 Å². The molecule has 3 aliphatic rings. The first-order chi connectivity index (χ1) is 21.5. The second-order valence-electron chi connectivity index (χ2n) is 11.8. The molecule has 5 atom stereocenters. The Morgan fingerprint density at radius 2 is 1.91 bits per heavy atom. The summed E-state index contributed by atoms with van der Waals surface area (Å²) in [6.45, 7) is 4.79. The van der Waals surface area contributed by atoms with Crippen LogP contribution >= 0.6 is 0 Å². The molecule has 1 saturated carbocycles. The quantitative estimate of drug-likeness (QED) is 0.148. The van der Waals surface area contributed by atoms with Gasteiger partial charge in [-0.15, -0.1) is 6.58 Å². The molecule has 4 rings (SSSR count). The Hall–Kier alpha value is -4.41. The van der Waals surface area contributed by atoms with Gasteiger partial charge in [0.1, 0.15) is 36.2 Å². The van der Waals surface area contributed by atoms with E-state index in [0.29, 0.717) is 11.1 Å². The number of nitrogens with zero attached hydrogens (tertiary/aromatic N) is 3. The molecule has 0 aromatic heterocycles. The second kappa shape index (κ2) is 13.1. The molecule has 2 aliphatic heterocycles. The molecule has 1 aliphatic carbocycles. The highest BCUT2D eigenvalue weighted by Crippen LogP contribution is 2.45. The number of rotatable bonds is 10. The van der Waals surface area contributed by atoms with Gasteiger partial charge in [-0.05, 0) is 24.0 Å². The number of carbonyl (C=O) groups excluding carboxylic acids is 4. The van der Waals surface area contributed by atoms with Gasteiger partial charge in [0.05, 0.1) is 19.5 Å². The van der Waals surface area contributed by atoms with E-state index in [-0.39, 0.29) is 31.0 Å². The number of hydrogen-bond acceptors (Lipinski definition) is 8. The van der Waals surface area contributed by atoms with E-state index in [4.69, 9.17) is 4.74 Å². The van der Waals surface area contributed by atoms with Crippen molar-refractivity contribution in [1.82, 2.24) is 20.2 Å². The van der Waals surface area contributed by atoms with Gasteiger partial charge in [-0.1, -0.05) is 32.1 Å². The molecule has 0 spiro atoms. The fourth-order valence-electron chi connectivity index (χ4n) is 5.70. The van der Waals surface area contributed by atoms with E-state index < -0.39 is 97.1 Å². The Balaban J connectivity index is 1.53. The lowest BCUT2D eigenvalue weighted by Crippen LogP contribution is -2.57. The van der Waals surface area contributed by atoms with Gasteiger partial charge in [-0.2, -0.15) is 18.2 Å². The largest absolute Gasteiger partial charge is 0.479 e. The van der Waals surface area contributed by atoms with Gasteiger partial charge in [0.2, 0.25) is 11.8 Å². The summed E-state index contributed by atoms with van der Waals surface area (Å²) < 4.78 is 61.8. The molecule has 3 N–H and O–H groups in total. The van der Waals surface area contributed by atoms with E-state index in [1.165, 1.54) is 37.0 Å². The highest BCUT2D eigenvalue weighted by atomic mass is 19.4. The van der Waals surface area contributed by atoms with Crippen LogP contribution in [0.2, 0.25) is 0 Å². The third-order valence-electron chi connectivity index (χ3n) is 8.27. The summed E-state index contributed by atoms with van der Waals surface area (Å²) >= 11 is 0. The third kappa shape index (κ3) is 7.18. The summed E-state index contributed by atoms with van der Waals surface area (Å²) in [5, 5.41) is 22.6. The number of nitrogens with one attached hydrogen (secondary N) is 1. The number of carbonyl (C=O) groups is 5. The van der Waals surface area contributed by atoms with Crippen LogP contribution in [0.15, 0.2) is 30.9 Å². The number of halogens is 4. The summed E-state index contributed by atoms with van der Waals surface area (Å²) in [7, 11) is 0. The van der Waals surface area contributed by atoms with Crippen molar-refractivity contribution in [3.8, 4) is 0 Å². The van der Waals surface area contributed by atoms with Crippen molar-refractivity contribution in [2.75, 3.05) is 13.2 Å². The zero-order valence-electron chi connectivity index (χ0n) is 25.0. The molecule has 2 unspecified atom stereocenters. The average molecular weight is 659 g/mol. The maximum Gasteiger partial charge on any atom is 0.434 e. The smallest absolute Gasteiger partial charge is 0.434 e. The van der Waals surface area contributed by atoms with Gasteiger partial charge in [0.25, 0.3) is 0 Å². The average Bonchev–Trinajstić information content (AvgIpc) is 3.28. The predicted molar refractivity (Wildman–Crippen MR) is 147 cm³/mol. The first-order valence-corrected chi connectivity index (χ1v) is 14.4. The summed E-state index contributed by atoms with van der Waals surface area (Å²) in [6, 6.07) is 1.19. The standard InChI is InChI=1S/C29H34F4N4O9/c1-4-17-11-28(17,25(40)41)34-23(38)21-10-18(46-26(42)35-12-16-6-5-7-20(30)19(16)14-35)13-36(21)24(39)22(15(2)3)37(44)27(43)45-9-8-29(31,32)33/h4-7,15,17-18,21-22,44H,1,8-14H2,2-3H3,(H,34,38)(H,40,41)/t17-,18-,21+,22?,28?/m1/s1. The van der Waals surface area contributed by atoms with Crippen LogP contribution in [-0.2, 0) is 36.9 Å². The summed E-state index contributed by atoms with van der Waals surface area (Å²) in [6.07, 6.45) is -8.71. The van der Waals surface area contributed by atoms with Crippen LogP contribution in [-0.4, -0.2) is 98.2 Å². The number of carboxylic acids is 1. The van der Waals surface area contributed by atoms with Gasteiger partial charge in [0, 0.05) is 24.4 Å². The number of benzene rings is 1. The highest BCUT2D eigenvalue weighted by molar-refractivity contribution is 5.96. The Morgan fingerprint density at radius 3 is 2.48 bits per heavy atom. The maximum absolute atomic E-state index is 14.2. The molecule has 1 aromatic carbocycles. The van der Waals surface area contributed by atoms with Gasteiger partial charge in [-0.3, -0.25) is 19.7 Å². The number of carboxylic acid groups (broad SMARTS) is 1. The monoisotopic (exact) mass is 658 g/mol. The lowest BCUT2D eigenvalue weighted by molar-refractivity contribution is -0.166. The molecule has 252 valence electrons. The van der Waals surface area contributed by atoms with Crippen molar-refractivity contribution >= 4 is 30.0 Å². The van der Waals surface area contributed by atoms with Crippen LogP contribution < -0.4 is 5.32 Å². The lowest BCUT2D eigenvalue weighted by Gasteiger charge is -2.33. The van der Waals surface area contributed by atoms with Crippen LogP contribution in [0, 0.1) is 17.7 Å². The molecule has 0 radical (unpaired) electrons. The number of fused-ring (bicyclic) bond motifs is 1. The molecule has 46 heavy (non-hydrogen) atoms. The van der Waals surface area contributed by atoms with E-state index in [9.17, 15) is 51.8 Å². The van der Waals surface area contributed by atoms with Crippen molar-refractivity contribution < 1.29 is 61.3 Å². The number of likely N-dealkylation sites (tertiary alicyclic amines) is 1. The van der Waals surface area contributed by atoms with E-state index in [1.807, 2.05) is 0 Å². The molecule has 2 fully saturated rings. The SMILES string of the molecule is C=C[C@@H]1CC1(NC(=O)[C@@H]1C[C@@H](OC(=O)N2Cc3cccc(F)c3C2)CN1C(=O)C(C(C)C)N(O)C(=O)OCCC(F)(F)F)C(=O)O. The number of hydrogen-bond donors (Lipinski definition) is 3. The first-order valence-electron chi connectivity index (χ1n) is 14.4. The maximum atomic E-state index is 14.2. The molecule has 2 heterocycles. The molecular formula is C29H34F4N4O9. The molecule has 4 amide bonds. The van der Waals surface area contributed by atoms with Gasteiger partial charge in [-0.25, -0.2) is 18.8 Å². The first kappa shape index (κ1) is 34.5. The topological polar surface area (TPSA) is 166 Å². The summed E-state index contributed by atoms with van der Waals surface area (Å²) in [5.41, 5.74) is -0.802. The predicted octanol–water partition coefficient (Wildman–Crippen LogP) is 3.20. The number of hydroxylamine groups is 2. The molecule has 1 aromatic rings. The van der Waals surface area contributed by atoms with Crippen molar-refractivity contribution in [1.29, 1.82) is 0 Å². The molecule has 17 heteroatoms. The van der Waals surface area contributed by atoms with E-state index in [2.05, 4.69) is 16.6 Å². The highest BCUT2D eigenvalue weighted by Gasteiger charge is 2.61. The number of amides is 4. The zero-order chi connectivity index (χ0) is 34.1. The summed E-state index contributed by atoms with van der Waals surface area (Å²) in [5.74, 6) is -5.27. The molecule has 0 bridgehead atoms. The number of ether oxygens (including phenoxy) is 2. The van der Waals surface area contributed by atoms with Crippen molar-refractivity contribution in [3.05, 3.63) is 47.8 Å². The Labute approximate surface area is 260 Å². The van der Waals surface area contributed by atoms with Crippen LogP contribution in [0.4, 0.5) is 27.2 Å². The number of alkyl halides is 3. The Morgan fingerprint density at radius 1 is 1.22 bits per heavy atom. The fourth-order valence-corrected chi connectivity index (χ4v) is 5.70. The van der Waals surface area contributed by atoms with Crippen LogP contribution in [0.25, 0.3) is 0 Å². The fraction of sp³-hybridized carbons (Fsp3) is 0.552. The number of aliphatic carboxylic acids is 1. The molecular weight excluding hydrogens is 624 g/mol. The second-order valence-corrected chi connectivity index (χ2v) is 11.8. The van der Waals surface area contributed by atoms with Crippen LogP contribution in [0.3, 0.4) is 0 Å². The zero-order valence-corrected chi connectivity index (χ0v) is 25.0. The minimum atomic E-state index is -4.65. The van der Waals surface area contributed by atoms with Crippen molar-refractivity contribution in [3.63, 3.8) is 0 Å².